The molecule has 1 N–H and O–H groups in total. The Morgan fingerprint density at radius 1 is 1.07 bits per heavy atom. The second kappa shape index (κ2) is 8.82. The van der Waals surface area contributed by atoms with Gasteiger partial charge in [0.1, 0.15) is 17.2 Å². The Morgan fingerprint density at radius 3 is 2.52 bits per heavy atom. The van der Waals surface area contributed by atoms with E-state index in [-0.39, 0.29) is 5.91 Å². The first-order chi connectivity index (χ1) is 14.0. The minimum atomic E-state index is -0.155. The maximum absolute atomic E-state index is 12.9. The van der Waals surface area contributed by atoms with E-state index in [2.05, 4.69) is 11.4 Å². The van der Waals surface area contributed by atoms with Crippen LogP contribution < -0.4 is 14.8 Å². The van der Waals surface area contributed by atoms with Crippen molar-refractivity contribution in [2.24, 2.45) is 0 Å². The molecule has 0 saturated carbocycles. The number of methoxy groups -OCH3 is 2. The zero-order chi connectivity index (χ0) is 21.0. The van der Waals surface area contributed by atoms with Crippen LogP contribution in [0.1, 0.15) is 35.0 Å². The summed E-state index contributed by atoms with van der Waals surface area (Å²) >= 11 is 0. The fraction of sp³-hybridized carbons (Fsp3) is 0.304. The molecule has 0 aliphatic heterocycles. The van der Waals surface area contributed by atoms with Crippen molar-refractivity contribution in [3.8, 4) is 28.4 Å². The van der Waals surface area contributed by atoms with Gasteiger partial charge in [0, 0.05) is 18.2 Å². The Balaban J connectivity index is 2.16. The third kappa shape index (κ3) is 4.26. The van der Waals surface area contributed by atoms with Gasteiger partial charge in [-0.3, -0.25) is 4.79 Å². The lowest BCUT2D eigenvalue weighted by Gasteiger charge is -2.11. The number of amides is 1. The summed E-state index contributed by atoms with van der Waals surface area (Å²) < 4.78 is 12.5. The van der Waals surface area contributed by atoms with Crippen molar-refractivity contribution in [1.29, 1.82) is 0 Å². The van der Waals surface area contributed by atoms with Crippen LogP contribution in [-0.2, 0) is 0 Å². The molecule has 6 nitrogen and oxygen atoms in total. The molecule has 0 bridgehead atoms. The van der Waals surface area contributed by atoms with Gasteiger partial charge in [-0.15, -0.1) is 0 Å². The smallest absolute Gasteiger partial charge is 0.270 e. The first-order valence-corrected chi connectivity index (χ1v) is 9.66. The lowest BCUT2D eigenvalue weighted by atomic mass is 10.1. The largest absolute Gasteiger partial charge is 0.497 e. The van der Waals surface area contributed by atoms with Crippen LogP contribution in [0, 0.1) is 13.8 Å². The SMILES string of the molecule is CCCNC(=O)c1cc(-c2ccc(OC)cc2OC)nn1-c1ccc(C)cc1C. The van der Waals surface area contributed by atoms with Gasteiger partial charge in [0.05, 0.1) is 25.6 Å². The molecule has 0 saturated heterocycles. The average molecular weight is 393 g/mol. The number of aromatic nitrogens is 2. The van der Waals surface area contributed by atoms with Crippen LogP contribution in [0.15, 0.2) is 42.5 Å². The number of nitrogens with one attached hydrogen (secondary N) is 1. The maximum Gasteiger partial charge on any atom is 0.270 e. The molecule has 3 aromatic rings. The summed E-state index contributed by atoms with van der Waals surface area (Å²) in [7, 11) is 3.22. The molecule has 0 atom stereocenters. The number of nitrogens with zero attached hydrogens (tertiary/aromatic N) is 2. The number of aryl methyl sites for hydroxylation is 2. The molecule has 152 valence electrons. The lowest BCUT2D eigenvalue weighted by molar-refractivity contribution is 0.0946. The van der Waals surface area contributed by atoms with Gasteiger partial charge >= 0.3 is 0 Å². The number of rotatable bonds is 7. The summed E-state index contributed by atoms with van der Waals surface area (Å²) in [6.45, 7) is 6.70. The van der Waals surface area contributed by atoms with E-state index in [9.17, 15) is 4.79 Å². The number of hydrogen-bond acceptors (Lipinski definition) is 4. The zero-order valence-electron chi connectivity index (χ0n) is 17.6. The van der Waals surface area contributed by atoms with E-state index in [1.165, 1.54) is 0 Å². The summed E-state index contributed by atoms with van der Waals surface area (Å²) in [5, 5.41) is 7.72. The second-order valence-corrected chi connectivity index (χ2v) is 6.94. The van der Waals surface area contributed by atoms with Gasteiger partial charge in [0.25, 0.3) is 5.91 Å². The van der Waals surface area contributed by atoms with Crippen LogP contribution in [0.2, 0.25) is 0 Å². The van der Waals surface area contributed by atoms with Crippen LogP contribution >= 0.6 is 0 Å². The van der Waals surface area contributed by atoms with Crippen molar-refractivity contribution >= 4 is 5.91 Å². The Labute approximate surface area is 171 Å². The van der Waals surface area contributed by atoms with Crippen molar-refractivity contribution in [1.82, 2.24) is 15.1 Å². The van der Waals surface area contributed by atoms with Crippen LogP contribution in [0.4, 0.5) is 0 Å². The Hall–Kier alpha value is -3.28. The summed E-state index contributed by atoms with van der Waals surface area (Å²) in [5.41, 5.74) is 5.01. The Kier molecular flexibility index (Phi) is 6.22. The molecule has 0 aliphatic carbocycles. The summed E-state index contributed by atoms with van der Waals surface area (Å²) in [4.78, 5) is 12.9. The van der Waals surface area contributed by atoms with E-state index in [1.807, 2.05) is 51.1 Å². The van der Waals surface area contributed by atoms with Gasteiger partial charge in [-0.05, 0) is 50.1 Å². The quantitative estimate of drug-likeness (QED) is 0.649. The minimum absolute atomic E-state index is 0.155. The number of benzene rings is 2. The zero-order valence-corrected chi connectivity index (χ0v) is 17.6. The molecule has 1 aromatic heterocycles. The number of carbonyl (C=O) groups is 1. The van der Waals surface area contributed by atoms with Gasteiger partial charge in [0.2, 0.25) is 0 Å². The number of ether oxygens (including phenoxy) is 2. The van der Waals surface area contributed by atoms with E-state index in [0.29, 0.717) is 29.4 Å². The van der Waals surface area contributed by atoms with E-state index in [0.717, 1.165) is 28.8 Å². The minimum Gasteiger partial charge on any atom is -0.497 e. The molecule has 1 amide bonds. The van der Waals surface area contributed by atoms with Gasteiger partial charge < -0.3 is 14.8 Å². The summed E-state index contributed by atoms with van der Waals surface area (Å²) in [5.74, 6) is 1.17. The first kappa shape index (κ1) is 20.5. The second-order valence-electron chi connectivity index (χ2n) is 6.94. The Morgan fingerprint density at radius 2 is 1.86 bits per heavy atom. The van der Waals surface area contributed by atoms with Crippen molar-refractivity contribution in [3.63, 3.8) is 0 Å². The molecular formula is C23H27N3O3. The molecule has 1 heterocycles. The van der Waals surface area contributed by atoms with Gasteiger partial charge in [0.15, 0.2) is 0 Å². The van der Waals surface area contributed by atoms with E-state index < -0.39 is 0 Å². The fourth-order valence-electron chi connectivity index (χ4n) is 3.24. The number of hydrogen-bond donors (Lipinski definition) is 1. The molecule has 3 rings (SSSR count). The van der Waals surface area contributed by atoms with Crippen molar-refractivity contribution in [2.75, 3.05) is 20.8 Å². The molecule has 2 aromatic carbocycles. The molecule has 0 unspecified atom stereocenters. The van der Waals surface area contributed by atoms with Crippen LogP contribution in [0.25, 0.3) is 16.9 Å². The molecule has 0 aliphatic rings. The molecule has 6 heteroatoms. The third-order valence-electron chi connectivity index (χ3n) is 4.74. The topological polar surface area (TPSA) is 65.4 Å². The highest BCUT2D eigenvalue weighted by molar-refractivity contribution is 5.94. The van der Waals surface area contributed by atoms with Crippen LogP contribution in [0.3, 0.4) is 0 Å². The highest BCUT2D eigenvalue weighted by Gasteiger charge is 2.20. The van der Waals surface area contributed by atoms with Gasteiger partial charge in [-0.2, -0.15) is 5.10 Å². The summed E-state index contributed by atoms with van der Waals surface area (Å²) in [6.07, 6.45) is 0.864. The highest BCUT2D eigenvalue weighted by atomic mass is 16.5. The van der Waals surface area contributed by atoms with Gasteiger partial charge in [-0.1, -0.05) is 24.6 Å². The van der Waals surface area contributed by atoms with E-state index in [4.69, 9.17) is 14.6 Å². The van der Waals surface area contributed by atoms with Gasteiger partial charge in [-0.25, -0.2) is 4.68 Å². The fourth-order valence-corrected chi connectivity index (χ4v) is 3.24. The average Bonchev–Trinajstić information content (AvgIpc) is 3.16. The van der Waals surface area contributed by atoms with Crippen molar-refractivity contribution in [3.05, 3.63) is 59.3 Å². The van der Waals surface area contributed by atoms with Crippen LogP contribution in [0.5, 0.6) is 11.5 Å². The first-order valence-electron chi connectivity index (χ1n) is 9.66. The van der Waals surface area contributed by atoms with Crippen molar-refractivity contribution < 1.29 is 14.3 Å². The van der Waals surface area contributed by atoms with E-state index >= 15 is 0 Å². The predicted octanol–water partition coefficient (Wildman–Crippen LogP) is 4.31. The Bertz CT molecular complexity index is 1020. The third-order valence-corrected chi connectivity index (χ3v) is 4.74. The monoisotopic (exact) mass is 393 g/mol. The number of carbonyl (C=O) groups excluding carboxylic acids is 1. The van der Waals surface area contributed by atoms with Crippen molar-refractivity contribution in [2.45, 2.75) is 27.2 Å². The molecule has 0 radical (unpaired) electrons. The predicted molar refractivity (Wildman–Crippen MR) is 114 cm³/mol. The molecule has 29 heavy (non-hydrogen) atoms. The normalized spacial score (nSPS) is 10.7. The molecule has 0 fully saturated rings. The molecular weight excluding hydrogens is 366 g/mol. The lowest BCUT2D eigenvalue weighted by Crippen LogP contribution is -2.26. The maximum atomic E-state index is 12.9. The van der Waals surface area contributed by atoms with Crippen LogP contribution in [-0.4, -0.2) is 36.5 Å². The molecule has 0 spiro atoms. The summed E-state index contributed by atoms with van der Waals surface area (Å²) in [6, 6.07) is 13.4. The standard InChI is InChI=1S/C23H27N3O3/c1-6-11-24-23(27)21-14-19(18-9-8-17(28-4)13-22(18)29-5)25-26(21)20-10-7-15(2)12-16(20)3/h7-10,12-14H,6,11H2,1-5H3,(H,24,27). The highest BCUT2D eigenvalue weighted by Crippen LogP contribution is 2.33. The van der Waals surface area contributed by atoms with E-state index in [1.54, 1.807) is 25.0 Å².